The molecular weight excluding hydrogens is 368 g/mol. The number of thioether (sulfide) groups is 1. The first-order valence-electron chi connectivity index (χ1n) is 8.35. The minimum absolute atomic E-state index is 0.102. The van der Waals surface area contributed by atoms with Crippen molar-refractivity contribution in [1.29, 1.82) is 0 Å². The van der Waals surface area contributed by atoms with Crippen molar-refractivity contribution in [2.24, 2.45) is 0 Å². The average molecular weight is 393 g/mol. The van der Waals surface area contributed by atoms with Crippen LogP contribution in [0, 0.1) is 6.92 Å². The first kappa shape index (κ1) is 20.5. The van der Waals surface area contributed by atoms with Crippen molar-refractivity contribution in [3.63, 3.8) is 0 Å². The van der Waals surface area contributed by atoms with Crippen LogP contribution in [0.5, 0.6) is 0 Å². The second kappa shape index (κ2) is 9.75. The maximum Gasteiger partial charge on any atom is 0.251 e. The summed E-state index contributed by atoms with van der Waals surface area (Å²) in [6.07, 6.45) is 1.72. The fourth-order valence-corrected chi connectivity index (χ4v) is 3.51. The van der Waals surface area contributed by atoms with E-state index >= 15 is 0 Å². The van der Waals surface area contributed by atoms with Crippen LogP contribution in [0.4, 0.5) is 0 Å². The fraction of sp³-hybridized carbons (Fsp3) is 0.316. The van der Waals surface area contributed by atoms with Crippen molar-refractivity contribution >= 4 is 27.7 Å². The molecule has 5 nitrogen and oxygen atoms in total. The highest BCUT2D eigenvalue weighted by Crippen LogP contribution is 2.17. The zero-order valence-corrected chi connectivity index (χ0v) is 16.6. The molecule has 26 heavy (non-hydrogen) atoms. The standard InChI is InChI=1S/C19H24N2O3S2/c1-15-3-9-18(10-4-15)25-14-13-20-19(22)17-7-5-16(6-8-17)11-12-21-26(2,23)24/h3-10,21H,11-14H2,1-2H3,(H,20,22). The van der Waals surface area contributed by atoms with E-state index in [1.807, 2.05) is 12.1 Å². The van der Waals surface area contributed by atoms with Crippen molar-refractivity contribution < 1.29 is 13.2 Å². The first-order chi connectivity index (χ1) is 12.3. The number of hydrogen-bond acceptors (Lipinski definition) is 4. The van der Waals surface area contributed by atoms with Crippen LogP contribution >= 0.6 is 11.8 Å². The molecule has 2 N–H and O–H groups in total. The summed E-state index contributed by atoms with van der Waals surface area (Å²) in [4.78, 5) is 13.3. The van der Waals surface area contributed by atoms with Gasteiger partial charge >= 0.3 is 0 Å². The van der Waals surface area contributed by atoms with E-state index in [1.54, 1.807) is 23.9 Å². The van der Waals surface area contributed by atoms with Gasteiger partial charge in [-0.3, -0.25) is 4.79 Å². The third kappa shape index (κ3) is 7.59. The molecule has 2 rings (SSSR count). The van der Waals surface area contributed by atoms with Crippen LogP contribution in [-0.2, 0) is 16.4 Å². The topological polar surface area (TPSA) is 75.3 Å². The second-order valence-corrected chi connectivity index (χ2v) is 9.03. The van der Waals surface area contributed by atoms with E-state index in [2.05, 4.69) is 41.2 Å². The Hall–Kier alpha value is -1.83. The molecule has 0 spiro atoms. The Kier molecular flexibility index (Phi) is 7.68. The van der Waals surface area contributed by atoms with Crippen LogP contribution in [0.3, 0.4) is 0 Å². The number of sulfonamides is 1. The molecule has 140 valence electrons. The fourth-order valence-electron chi connectivity index (χ4n) is 2.27. The monoisotopic (exact) mass is 392 g/mol. The summed E-state index contributed by atoms with van der Waals surface area (Å²) >= 11 is 1.71. The van der Waals surface area contributed by atoms with Crippen LogP contribution in [0.2, 0.25) is 0 Å². The molecule has 0 aliphatic carbocycles. The number of amides is 1. The van der Waals surface area contributed by atoms with Crippen LogP contribution in [0.15, 0.2) is 53.4 Å². The van der Waals surface area contributed by atoms with Crippen LogP contribution < -0.4 is 10.0 Å². The minimum Gasteiger partial charge on any atom is -0.351 e. The zero-order chi connectivity index (χ0) is 19.0. The Bertz CT molecular complexity index is 817. The van der Waals surface area contributed by atoms with Gasteiger partial charge in [0.05, 0.1) is 6.26 Å². The van der Waals surface area contributed by atoms with Crippen molar-refractivity contribution in [2.75, 3.05) is 25.1 Å². The normalized spacial score (nSPS) is 11.3. The van der Waals surface area contributed by atoms with Gasteiger partial charge in [-0.15, -0.1) is 11.8 Å². The zero-order valence-electron chi connectivity index (χ0n) is 15.0. The predicted octanol–water partition coefficient (Wildman–Crippen LogP) is 2.61. The average Bonchev–Trinajstić information content (AvgIpc) is 2.59. The highest BCUT2D eigenvalue weighted by atomic mass is 32.2. The van der Waals surface area contributed by atoms with Gasteiger partial charge in [-0.25, -0.2) is 13.1 Å². The summed E-state index contributed by atoms with van der Waals surface area (Å²) in [5, 5.41) is 2.91. The maximum atomic E-state index is 12.1. The second-order valence-electron chi connectivity index (χ2n) is 6.03. The van der Waals surface area contributed by atoms with E-state index in [1.165, 1.54) is 10.5 Å². The molecule has 0 aliphatic heterocycles. The molecule has 0 fully saturated rings. The number of aryl methyl sites for hydroxylation is 1. The van der Waals surface area contributed by atoms with Gasteiger partial charge in [0.15, 0.2) is 0 Å². The van der Waals surface area contributed by atoms with Crippen molar-refractivity contribution in [2.45, 2.75) is 18.2 Å². The molecule has 7 heteroatoms. The van der Waals surface area contributed by atoms with Gasteiger partial charge in [0.25, 0.3) is 5.91 Å². The Labute approximate surface area is 159 Å². The number of nitrogens with one attached hydrogen (secondary N) is 2. The quantitative estimate of drug-likeness (QED) is 0.508. The summed E-state index contributed by atoms with van der Waals surface area (Å²) in [6, 6.07) is 15.5. The number of carbonyl (C=O) groups excluding carboxylic acids is 1. The Morgan fingerprint density at radius 3 is 2.27 bits per heavy atom. The molecule has 0 bridgehead atoms. The van der Waals surface area contributed by atoms with E-state index in [-0.39, 0.29) is 5.91 Å². The number of benzene rings is 2. The molecule has 0 radical (unpaired) electrons. The SMILES string of the molecule is Cc1ccc(SCCNC(=O)c2ccc(CCNS(C)(=O)=O)cc2)cc1. The van der Waals surface area contributed by atoms with Gasteiger partial charge < -0.3 is 5.32 Å². The first-order valence-corrected chi connectivity index (χ1v) is 11.2. The molecule has 0 saturated carbocycles. The van der Waals surface area contributed by atoms with E-state index in [0.717, 1.165) is 17.6 Å². The van der Waals surface area contributed by atoms with Crippen LogP contribution in [0.1, 0.15) is 21.5 Å². The third-order valence-electron chi connectivity index (χ3n) is 3.67. The Balaban J connectivity index is 1.72. The largest absolute Gasteiger partial charge is 0.351 e. The van der Waals surface area contributed by atoms with Crippen molar-refractivity contribution in [3.05, 3.63) is 65.2 Å². The van der Waals surface area contributed by atoms with E-state index in [0.29, 0.717) is 25.1 Å². The van der Waals surface area contributed by atoms with Crippen LogP contribution in [0.25, 0.3) is 0 Å². The summed E-state index contributed by atoms with van der Waals surface area (Å²) in [5.41, 5.74) is 2.82. The molecule has 2 aromatic rings. The highest BCUT2D eigenvalue weighted by molar-refractivity contribution is 7.99. The smallest absolute Gasteiger partial charge is 0.251 e. The van der Waals surface area contributed by atoms with Crippen molar-refractivity contribution in [3.8, 4) is 0 Å². The van der Waals surface area contributed by atoms with Crippen LogP contribution in [-0.4, -0.2) is 39.4 Å². The van der Waals surface area contributed by atoms with Gasteiger partial charge in [-0.05, 0) is 43.2 Å². The van der Waals surface area contributed by atoms with Gasteiger partial charge in [-0.2, -0.15) is 0 Å². The molecule has 0 heterocycles. The highest BCUT2D eigenvalue weighted by Gasteiger charge is 2.05. The summed E-state index contributed by atoms with van der Waals surface area (Å²) < 4.78 is 24.5. The molecular formula is C19H24N2O3S2. The molecule has 0 aromatic heterocycles. The van der Waals surface area contributed by atoms with E-state index < -0.39 is 10.0 Å². The Morgan fingerprint density at radius 2 is 1.65 bits per heavy atom. The lowest BCUT2D eigenvalue weighted by Crippen LogP contribution is -2.26. The lowest BCUT2D eigenvalue weighted by Gasteiger charge is -2.07. The summed E-state index contributed by atoms with van der Waals surface area (Å²) in [5.74, 6) is 0.708. The Morgan fingerprint density at radius 1 is 1.00 bits per heavy atom. The van der Waals surface area contributed by atoms with Gasteiger partial charge in [0.1, 0.15) is 0 Å². The third-order valence-corrected chi connectivity index (χ3v) is 5.41. The lowest BCUT2D eigenvalue weighted by molar-refractivity contribution is 0.0956. The minimum atomic E-state index is -3.17. The lowest BCUT2D eigenvalue weighted by atomic mass is 10.1. The number of hydrogen-bond donors (Lipinski definition) is 2. The van der Waals surface area contributed by atoms with E-state index in [4.69, 9.17) is 0 Å². The summed E-state index contributed by atoms with van der Waals surface area (Å²) in [7, 11) is -3.17. The number of rotatable bonds is 9. The molecule has 0 atom stereocenters. The van der Waals surface area contributed by atoms with Gasteiger partial charge in [0.2, 0.25) is 10.0 Å². The van der Waals surface area contributed by atoms with E-state index in [9.17, 15) is 13.2 Å². The maximum absolute atomic E-state index is 12.1. The molecule has 0 aliphatic rings. The molecule has 1 amide bonds. The van der Waals surface area contributed by atoms with Crippen molar-refractivity contribution in [1.82, 2.24) is 10.0 Å². The van der Waals surface area contributed by atoms with Gasteiger partial charge in [0, 0.05) is 29.3 Å². The molecule has 2 aromatic carbocycles. The van der Waals surface area contributed by atoms with Gasteiger partial charge in [-0.1, -0.05) is 29.8 Å². The predicted molar refractivity (Wildman–Crippen MR) is 107 cm³/mol. The summed E-state index contributed by atoms with van der Waals surface area (Å²) in [6.45, 7) is 3.00. The number of carbonyl (C=O) groups is 1. The molecule has 0 saturated heterocycles. The molecule has 0 unspecified atom stereocenters.